The Kier molecular flexibility index (Phi) is 3.76. The van der Waals surface area contributed by atoms with E-state index in [9.17, 15) is 0 Å². The molecular weight excluding hydrogens is 324 g/mol. The number of nitrogens with zero attached hydrogens (tertiary/aromatic N) is 2. The predicted octanol–water partition coefficient (Wildman–Crippen LogP) is 4.92. The summed E-state index contributed by atoms with van der Waals surface area (Å²) in [6.45, 7) is 0. The Morgan fingerprint density at radius 1 is 1.08 bits per heavy atom. The van der Waals surface area contributed by atoms with Crippen LogP contribution >= 0.6 is 11.6 Å². The highest BCUT2D eigenvalue weighted by Crippen LogP contribution is 2.24. The highest BCUT2D eigenvalue weighted by Gasteiger charge is 2.04. The first-order valence-electron chi connectivity index (χ1n) is 7.37. The number of imidazole rings is 1. The number of benzene rings is 2. The van der Waals surface area contributed by atoms with Gasteiger partial charge in [-0.15, -0.1) is 0 Å². The summed E-state index contributed by atoms with van der Waals surface area (Å²) < 4.78 is 5.74. The molecule has 0 amide bonds. The van der Waals surface area contributed by atoms with Gasteiger partial charge in [-0.05, 0) is 36.4 Å². The van der Waals surface area contributed by atoms with E-state index in [0.717, 1.165) is 22.4 Å². The normalized spacial score (nSPS) is 11.4. The van der Waals surface area contributed by atoms with Gasteiger partial charge in [0, 0.05) is 10.6 Å². The first-order valence-corrected chi connectivity index (χ1v) is 7.75. The monoisotopic (exact) mass is 336 g/mol. The third-order valence-electron chi connectivity index (χ3n) is 3.49. The van der Waals surface area contributed by atoms with Gasteiger partial charge in [0.25, 0.3) is 0 Å². The summed E-state index contributed by atoms with van der Waals surface area (Å²) in [6.07, 6.45) is 1.60. The van der Waals surface area contributed by atoms with E-state index >= 15 is 0 Å². The van der Waals surface area contributed by atoms with Gasteiger partial charge in [-0.3, -0.25) is 0 Å². The largest absolute Gasteiger partial charge is 0.455 e. The Balaban J connectivity index is 1.48. The number of anilines is 1. The zero-order valence-corrected chi connectivity index (χ0v) is 13.3. The second-order valence-electron chi connectivity index (χ2n) is 5.18. The molecule has 2 aromatic carbocycles. The number of aromatic amines is 1. The highest BCUT2D eigenvalue weighted by atomic mass is 35.5. The van der Waals surface area contributed by atoms with E-state index in [1.165, 1.54) is 0 Å². The van der Waals surface area contributed by atoms with Gasteiger partial charge in [0.1, 0.15) is 11.5 Å². The number of H-pyrrole nitrogens is 1. The molecule has 0 aliphatic rings. The molecule has 6 heteroatoms. The standard InChI is InChI=1S/C18H13ClN4O/c19-13-5-3-4-12(10-13)17-9-8-14(24-17)11-20-23-18-21-15-6-1-2-7-16(15)22-18/h1-11H,(H2,21,22,23). The van der Waals surface area contributed by atoms with E-state index in [2.05, 4.69) is 20.5 Å². The molecule has 2 heterocycles. The number of hydrogen-bond donors (Lipinski definition) is 2. The van der Waals surface area contributed by atoms with Crippen LogP contribution in [0.15, 0.2) is 70.2 Å². The number of hydrazone groups is 1. The van der Waals surface area contributed by atoms with Gasteiger partial charge in [0.2, 0.25) is 5.95 Å². The number of hydrogen-bond acceptors (Lipinski definition) is 4. The molecule has 118 valence electrons. The summed E-state index contributed by atoms with van der Waals surface area (Å²) in [5, 5.41) is 4.82. The van der Waals surface area contributed by atoms with Crippen LogP contribution in [0.4, 0.5) is 5.95 Å². The fourth-order valence-electron chi connectivity index (χ4n) is 2.38. The van der Waals surface area contributed by atoms with Crippen molar-refractivity contribution in [2.24, 2.45) is 5.10 Å². The van der Waals surface area contributed by atoms with Crippen molar-refractivity contribution in [1.29, 1.82) is 0 Å². The van der Waals surface area contributed by atoms with E-state index in [1.54, 1.807) is 6.21 Å². The highest BCUT2D eigenvalue weighted by molar-refractivity contribution is 6.30. The van der Waals surface area contributed by atoms with E-state index in [1.807, 2.05) is 60.7 Å². The molecule has 0 fully saturated rings. The minimum absolute atomic E-state index is 0.578. The molecule has 2 aromatic heterocycles. The van der Waals surface area contributed by atoms with Crippen molar-refractivity contribution in [1.82, 2.24) is 9.97 Å². The number of para-hydroxylation sites is 2. The van der Waals surface area contributed by atoms with Crippen molar-refractivity contribution in [3.8, 4) is 11.3 Å². The molecule has 2 N–H and O–H groups in total. The summed E-state index contributed by atoms with van der Waals surface area (Å²) >= 11 is 6.00. The van der Waals surface area contributed by atoms with Gasteiger partial charge in [0.05, 0.1) is 17.2 Å². The maximum absolute atomic E-state index is 6.00. The van der Waals surface area contributed by atoms with Crippen LogP contribution in [-0.2, 0) is 0 Å². The second kappa shape index (κ2) is 6.22. The topological polar surface area (TPSA) is 66.2 Å². The third kappa shape index (κ3) is 3.02. The molecule has 0 atom stereocenters. The lowest BCUT2D eigenvalue weighted by Crippen LogP contribution is -1.91. The molecule has 5 nitrogen and oxygen atoms in total. The third-order valence-corrected chi connectivity index (χ3v) is 3.72. The van der Waals surface area contributed by atoms with Gasteiger partial charge in [-0.2, -0.15) is 5.10 Å². The summed E-state index contributed by atoms with van der Waals surface area (Å²) in [5.74, 6) is 1.95. The van der Waals surface area contributed by atoms with Crippen LogP contribution < -0.4 is 5.43 Å². The van der Waals surface area contributed by atoms with Crippen molar-refractivity contribution in [2.75, 3.05) is 5.43 Å². The first-order chi connectivity index (χ1) is 11.8. The molecule has 0 saturated carbocycles. The van der Waals surface area contributed by atoms with Gasteiger partial charge in [-0.25, -0.2) is 10.4 Å². The Morgan fingerprint density at radius 2 is 2.00 bits per heavy atom. The summed E-state index contributed by atoms with van der Waals surface area (Å²) in [4.78, 5) is 7.52. The van der Waals surface area contributed by atoms with Gasteiger partial charge < -0.3 is 9.40 Å². The van der Waals surface area contributed by atoms with Gasteiger partial charge >= 0.3 is 0 Å². The molecule has 4 aromatic rings. The average molecular weight is 337 g/mol. The minimum Gasteiger partial charge on any atom is -0.455 e. The minimum atomic E-state index is 0.578. The van der Waals surface area contributed by atoms with Crippen LogP contribution in [0.3, 0.4) is 0 Å². The maximum atomic E-state index is 6.00. The van der Waals surface area contributed by atoms with Gasteiger partial charge in [-0.1, -0.05) is 35.9 Å². The first kappa shape index (κ1) is 14.5. The number of rotatable bonds is 4. The Hall–Kier alpha value is -3.05. The summed E-state index contributed by atoms with van der Waals surface area (Å²) in [5.41, 5.74) is 5.63. The Bertz CT molecular complexity index is 985. The van der Waals surface area contributed by atoms with Crippen LogP contribution in [0.2, 0.25) is 5.02 Å². The van der Waals surface area contributed by atoms with Crippen molar-refractivity contribution >= 4 is 34.8 Å². The molecular formula is C18H13ClN4O. The maximum Gasteiger partial charge on any atom is 0.222 e. The molecule has 0 aliphatic carbocycles. The van der Waals surface area contributed by atoms with Crippen LogP contribution in [0.25, 0.3) is 22.4 Å². The number of aromatic nitrogens is 2. The molecule has 0 saturated heterocycles. The van der Waals surface area contributed by atoms with Crippen molar-refractivity contribution in [2.45, 2.75) is 0 Å². The SMILES string of the molecule is Clc1cccc(-c2ccc(C=NNc3nc4ccccc4[nH]3)o2)c1. The molecule has 4 rings (SSSR count). The fraction of sp³-hybridized carbons (Fsp3) is 0. The molecule has 24 heavy (non-hydrogen) atoms. The second-order valence-corrected chi connectivity index (χ2v) is 5.62. The van der Waals surface area contributed by atoms with Crippen molar-refractivity contribution < 1.29 is 4.42 Å². The lowest BCUT2D eigenvalue weighted by molar-refractivity contribution is 0.575. The van der Waals surface area contributed by atoms with Crippen LogP contribution in [0.1, 0.15) is 5.76 Å². The molecule has 0 radical (unpaired) electrons. The van der Waals surface area contributed by atoms with Crippen LogP contribution in [0.5, 0.6) is 0 Å². The smallest absolute Gasteiger partial charge is 0.222 e. The summed E-state index contributed by atoms with van der Waals surface area (Å²) in [7, 11) is 0. The average Bonchev–Trinajstić information content (AvgIpc) is 3.21. The lowest BCUT2D eigenvalue weighted by Gasteiger charge is -1.97. The van der Waals surface area contributed by atoms with E-state index < -0.39 is 0 Å². The van der Waals surface area contributed by atoms with Crippen molar-refractivity contribution in [3.05, 3.63) is 71.4 Å². The van der Waals surface area contributed by atoms with E-state index in [-0.39, 0.29) is 0 Å². The van der Waals surface area contributed by atoms with Gasteiger partial charge in [0.15, 0.2) is 0 Å². The molecule has 0 unspecified atom stereocenters. The van der Waals surface area contributed by atoms with Crippen LogP contribution in [-0.4, -0.2) is 16.2 Å². The fourth-order valence-corrected chi connectivity index (χ4v) is 2.57. The molecule has 0 bridgehead atoms. The summed E-state index contributed by atoms with van der Waals surface area (Å²) in [6, 6.07) is 19.0. The molecule has 0 aliphatic heterocycles. The number of furan rings is 1. The van der Waals surface area contributed by atoms with E-state index in [0.29, 0.717) is 16.7 Å². The number of fused-ring (bicyclic) bond motifs is 1. The van der Waals surface area contributed by atoms with E-state index in [4.69, 9.17) is 16.0 Å². The Morgan fingerprint density at radius 3 is 2.88 bits per heavy atom. The van der Waals surface area contributed by atoms with Crippen LogP contribution in [0, 0.1) is 0 Å². The Labute approximate surface area is 143 Å². The quantitative estimate of drug-likeness (QED) is 0.410. The zero-order chi connectivity index (χ0) is 16.4. The van der Waals surface area contributed by atoms with Crippen molar-refractivity contribution in [3.63, 3.8) is 0 Å². The zero-order valence-electron chi connectivity index (χ0n) is 12.5. The predicted molar refractivity (Wildman–Crippen MR) is 96.5 cm³/mol. The molecule has 0 spiro atoms. The lowest BCUT2D eigenvalue weighted by atomic mass is 10.2. The number of halogens is 1. The number of nitrogens with one attached hydrogen (secondary N) is 2.